The van der Waals surface area contributed by atoms with Crippen LogP contribution in [0.3, 0.4) is 0 Å². The van der Waals surface area contributed by atoms with E-state index in [9.17, 15) is 9.90 Å². The molecule has 4 heteroatoms. The Morgan fingerprint density at radius 2 is 2.28 bits per heavy atom. The summed E-state index contributed by atoms with van der Waals surface area (Å²) >= 11 is 0. The van der Waals surface area contributed by atoms with Gasteiger partial charge in [-0.05, 0) is 31.0 Å². The third-order valence-corrected chi connectivity index (χ3v) is 3.46. The number of benzene rings is 1. The maximum Gasteiger partial charge on any atom is 0.254 e. The summed E-state index contributed by atoms with van der Waals surface area (Å²) in [7, 11) is 3.91. The number of hydrogen-bond donors (Lipinski definition) is 1. The predicted octanol–water partition coefficient (Wildman–Crippen LogP) is 1.35. The van der Waals surface area contributed by atoms with Crippen molar-refractivity contribution in [2.24, 2.45) is 0 Å². The van der Waals surface area contributed by atoms with E-state index in [4.69, 9.17) is 0 Å². The van der Waals surface area contributed by atoms with Gasteiger partial charge in [-0.1, -0.05) is 6.07 Å². The number of hydrogen-bond acceptors (Lipinski definition) is 3. The van der Waals surface area contributed by atoms with Crippen molar-refractivity contribution in [1.82, 2.24) is 4.90 Å². The summed E-state index contributed by atoms with van der Waals surface area (Å²) in [5, 5.41) is 9.27. The monoisotopic (exact) mass is 248 g/mol. The van der Waals surface area contributed by atoms with Gasteiger partial charge in [-0.15, -0.1) is 0 Å². The van der Waals surface area contributed by atoms with Gasteiger partial charge in [0, 0.05) is 31.9 Å². The highest BCUT2D eigenvalue weighted by Gasteiger charge is 2.28. The highest BCUT2D eigenvalue weighted by molar-refractivity contribution is 5.95. The second-order valence-corrected chi connectivity index (χ2v) is 4.92. The van der Waals surface area contributed by atoms with Gasteiger partial charge in [0.05, 0.1) is 12.6 Å². The van der Waals surface area contributed by atoms with Crippen molar-refractivity contribution in [2.45, 2.75) is 18.9 Å². The van der Waals surface area contributed by atoms with E-state index in [1.54, 1.807) is 4.90 Å². The van der Waals surface area contributed by atoms with Crippen LogP contribution in [0.15, 0.2) is 24.3 Å². The number of carbonyl (C=O) groups excluding carboxylic acids is 1. The Hall–Kier alpha value is -1.55. The molecule has 0 radical (unpaired) electrons. The normalized spacial score (nSPS) is 19.1. The van der Waals surface area contributed by atoms with Crippen molar-refractivity contribution in [3.05, 3.63) is 29.8 Å². The molecular weight excluding hydrogens is 228 g/mol. The van der Waals surface area contributed by atoms with Crippen LogP contribution in [-0.2, 0) is 0 Å². The van der Waals surface area contributed by atoms with E-state index >= 15 is 0 Å². The van der Waals surface area contributed by atoms with Gasteiger partial charge in [0.25, 0.3) is 5.91 Å². The molecule has 0 saturated carbocycles. The molecule has 1 aliphatic heterocycles. The number of anilines is 1. The standard InChI is InChI=1S/C14H20N2O2/c1-15(2)12-6-3-5-11(9-12)14(18)16-8-4-7-13(16)10-17/h3,5-6,9,13,17H,4,7-8,10H2,1-2H3/t13-/m0/s1. The highest BCUT2D eigenvalue weighted by Crippen LogP contribution is 2.21. The van der Waals surface area contributed by atoms with Crippen LogP contribution >= 0.6 is 0 Å². The first-order chi connectivity index (χ1) is 8.63. The fourth-order valence-corrected chi connectivity index (χ4v) is 2.38. The van der Waals surface area contributed by atoms with Crippen molar-refractivity contribution in [3.8, 4) is 0 Å². The molecule has 4 nitrogen and oxygen atoms in total. The minimum absolute atomic E-state index is 0.0134. The molecule has 18 heavy (non-hydrogen) atoms. The van der Waals surface area contributed by atoms with Crippen molar-refractivity contribution in [1.29, 1.82) is 0 Å². The van der Waals surface area contributed by atoms with Crippen LogP contribution in [0.25, 0.3) is 0 Å². The fraction of sp³-hybridized carbons (Fsp3) is 0.500. The van der Waals surface area contributed by atoms with Crippen molar-refractivity contribution >= 4 is 11.6 Å². The molecule has 1 aliphatic rings. The van der Waals surface area contributed by atoms with E-state index in [1.807, 2.05) is 43.3 Å². The van der Waals surface area contributed by atoms with E-state index in [1.165, 1.54) is 0 Å². The molecule has 0 aliphatic carbocycles. The summed E-state index contributed by atoms with van der Waals surface area (Å²) in [6.07, 6.45) is 1.87. The molecule has 1 fully saturated rings. The van der Waals surface area contributed by atoms with E-state index in [2.05, 4.69) is 0 Å². The molecule has 1 saturated heterocycles. The number of amides is 1. The maximum atomic E-state index is 12.4. The Kier molecular flexibility index (Phi) is 3.87. The summed E-state index contributed by atoms with van der Waals surface area (Å²) in [5.74, 6) is 0.0234. The number of likely N-dealkylation sites (tertiary alicyclic amines) is 1. The van der Waals surface area contributed by atoms with Gasteiger partial charge in [-0.3, -0.25) is 4.79 Å². The summed E-state index contributed by atoms with van der Waals surface area (Å²) in [4.78, 5) is 16.2. The molecule has 1 atom stereocenters. The number of carbonyl (C=O) groups is 1. The van der Waals surface area contributed by atoms with Gasteiger partial charge in [0.1, 0.15) is 0 Å². The lowest BCUT2D eigenvalue weighted by Crippen LogP contribution is -2.37. The average molecular weight is 248 g/mol. The molecule has 0 unspecified atom stereocenters. The average Bonchev–Trinajstić information content (AvgIpc) is 2.86. The van der Waals surface area contributed by atoms with Crippen molar-refractivity contribution in [3.63, 3.8) is 0 Å². The minimum Gasteiger partial charge on any atom is -0.394 e. The van der Waals surface area contributed by atoms with Crippen LogP contribution in [0.1, 0.15) is 23.2 Å². The van der Waals surface area contributed by atoms with Crippen LogP contribution in [0.4, 0.5) is 5.69 Å². The minimum atomic E-state index is -0.0134. The van der Waals surface area contributed by atoms with Crippen LogP contribution in [-0.4, -0.2) is 49.2 Å². The van der Waals surface area contributed by atoms with E-state index in [0.717, 1.165) is 25.1 Å². The largest absolute Gasteiger partial charge is 0.394 e. The van der Waals surface area contributed by atoms with E-state index in [-0.39, 0.29) is 18.6 Å². The molecule has 2 rings (SSSR count). The van der Waals surface area contributed by atoms with Crippen LogP contribution in [0, 0.1) is 0 Å². The lowest BCUT2D eigenvalue weighted by atomic mass is 10.1. The van der Waals surface area contributed by atoms with Gasteiger partial charge in [-0.25, -0.2) is 0 Å². The smallest absolute Gasteiger partial charge is 0.254 e. The Morgan fingerprint density at radius 3 is 2.94 bits per heavy atom. The van der Waals surface area contributed by atoms with Crippen LogP contribution in [0.2, 0.25) is 0 Å². The van der Waals surface area contributed by atoms with Crippen molar-refractivity contribution in [2.75, 3.05) is 32.1 Å². The van der Waals surface area contributed by atoms with Gasteiger partial charge in [0.15, 0.2) is 0 Å². The third kappa shape index (κ3) is 2.48. The molecule has 1 heterocycles. The molecule has 98 valence electrons. The van der Waals surface area contributed by atoms with Gasteiger partial charge in [0.2, 0.25) is 0 Å². The van der Waals surface area contributed by atoms with Crippen LogP contribution < -0.4 is 4.90 Å². The first-order valence-corrected chi connectivity index (χ1v) is 6.32. The molecule has 0 spiro atoms. The van der Waals surface area contributed by atoms with E-state index in [0.29, 0.717) is 5.56 Å². The number of aliphatic hydroxyl groups excluding tert-OH is 1. The second kappa shape index (κ2) is 5.40. The molecule has 0 bridgehead atoms. The molecule has 0 aromatic heterocycles. The molecule has 1 N–H and O–H groups in total. The molecule has 1 amide bonds. The first kappa shape index (κ1) is 12.9. The summed E-state index contributed by atoms with van der Waals surface area (Å²) in [6, 6.07) is 7.59. The molecule has 1 aromatic carbocycles. The predicted molar refractivity (Wildman–Crippen MR) is 71.9 cm³/mol. The first-order valence-electron chi connectivity index (χ1n) is 6.32. The maximum absolute atomic E-state index is 12.4. The number of nitrogens with zero attached hydrogens (tertiary/aromatic N) is 2. The topological polar surface area (TPSA) is 43.8 Å². The van der Waals surface area contributed by atoms with Gasteiger partial charge in [-0.2, -0.15) is 0 Å². The van der Waals surface area contributed by atoms with Crippen LogP contribution in [0.5, 0.6) is 0 Å². The van der Waals surface area contributed by atoms with Crippen molar-refractivity contribution < 1.29 is 9.90 Å². The zero-order chi connectivity index (χ0) is 13.1. The zero-order valence-electron chi connectivity index (χ0n) is 11.0. The quantitative estimate of drug-likeness (QED) is 0.878. The fourth-order valence-electron chi connectivity index (χ4n) is 2.38. The lowest BCUT2D eigenvalue weighted by Gasteiger charge is -2.23. The summed E-state index contributed by atoms with van der Waals surface area (Å²) < 4.78 is 0. The highest BCUT2D eigenvalue weighted by atomic mass is 16.3. The Morgan fingerprint density at radius 1 is 1.50 bits per heavy atom. The van der Waals surface area contributed by atoms with Gasteiger partial charge < -0.3 is 14.9 Å². The molecule has 1 aromatic rings. The summed E-state index contributed by atoms with van der Waals surface area (Å²) in [5.41, 5.74) is 1.71. The Balaban J connectivity index is 2.20. The van der Waals surface area contributed by atoms with E-state index < -0.39 is 0 Å². The zero-order valence-corrected chi connectivity index (χ0v) is 11.0. The lowest BCUT2D eigenvalue weighted by molar-refractivity contribution is 0.0677. The number of rotatable bonds is 3. The Bertz CT molecular complexity index is 432. The number of aliphatic hydroxyl groups is 1. The second-order valence-electron chi connectivity index (χ2n) is 4.92. The summed E-state index contributed by atoms with van der Waals surface area (Å²) in [6.45, 7) is 0.801. The molecular formula is C14H20N2O2. The third-order valence-electron chi connectivity index (χ3n) is 3.46. The van der Waals surface area contributed by atoms with Gasteiger partial charge >= 0.3 is 0 Å². The Labute approximate surface area is 108 Å². The SMILES string of the molecule is CN(C)c1cccc(C(=O)N2CCC[C@H]2CO)c1.